The van der Waals surface area contributed by atoms with Gasteiger partial charge in [0.25, 0.3) is 0 Å². The highest BCUT2D eigenvalue weighted by Crippen LogP contribution is 2.27. The SMILES string of the molecule is COc1ccc(Cl)c(NCc2cccc(OC)n2)c1. The Morgan fingerprint density at radius 2 is 2.00 bits per heavy atom. The molecule has 0 atom stereocenters. The van der Waals surface area contributed by atoms with Gasteiger partial charge in [0.15, 0.2) is 0 Å². The van der Waals surface area contributed by atoms with Gasteiger partial charge >= 0.3 is 0 Å². The molecular formula is C14H15ClN2O2. The first-order valence-corrected chi connectivity index (χ1v) is 6.18. The van der Waals surface area contributed by atoms with E-state index in [-0.39, 0.29) is 0 Å². The summed E-state index contributed by atoms with van der Waals surface area (Å²) in [6.45, 7) is 0.560. The normalized spacial score (nSPS) is 10.1. The predicted molar refractivity (Wildman–Crippen MR) is 76.1 cm³/mol. The van der Waals surface area contributed by atoms with Crippen molar-refractivity contribution in [1.82, 2.24) is 4.98 Å². The molecule has 0 aliphatic heterocycles. The zero-order valence-corrected chi connectivity index (χ0v) is 11.6. The van der Waals surface area contributed by atoms with E-state index in [2.05, 4.69) is 10.3 Å². The first-order chi connectivity index (χ1) is 9.22. The van der Waals surface area contributed by atoms with E-state index in [1.54, 1.807) is 20.3 Å². The lowest BCUT2D eigenvalue weighted by molar-refractivity contribution is 0.396. The number of aromatic nitrogens is 1. The summed E-state index contributed by atoms with van der Waals surface area (Å²) in [4.78, 5) is 4.32. The van der Waals surface area contributed by atoms with Crippen molar-refractivity contribution in [2.24, 2.45) is 0 Å². The van der Waals surface area contributed by atoms with Crippen LogP contribution in [0.1, 0.15) is 5.69 Å². The van der Waals surface area contributed by atoms with E-state index in [1.807, 2.05) is 30.3 Å². The third-order valence-electron chi connectivity index (χ3n) is 2.62. The maximum atomic E-state index is 6.11. The molecule has 1 N–H and O–H groups in total. The smallest absolute Gasteiger partial charge is 0.213 e. The van der Waals surface area contributed by atoms with Gasteiger partial charge in [0.2, 0.25) is 5.88 Å². The Bertz CT molecular complexity index is 561. The molecule has 4 nitrogen and oxygen atoms in total. The highest BCUT2D eigenvalue weighted by atomic mass is 35.5. The minimum Gasteiger partial charge on any atom is -0.497 e. The lowest BCUT2D eigenvalue weighted by atomic mass is 10.3. The first-order valence-electron chi connectivity index (χ1n) is 5.80. The van der Waals surface area contributed by atoms with Crippen LogP contribution in [0.15, 0.2) is 36.4 Å². The van der Waals surface area contributed by atoms with Crippen molar-refractivity contribution < 1.29 is 9.47 Å². The third-order valence-corrected chi connectivity index (χ3v) is 2.95. The van der Waals surface area contributed by atoms with Crippen LogP contribution in [-0.2, 0) is 6.54 Å². The Morgan fingerprint density at radius 3 is 2.74 bits per heavy atom. The van der Waals surface area contributed by atoms with E-state index in [0.29, 0.717) is 17.4 Å². The number of hydrogen-bond donors (Lipinski definition) is 1. The standard InChI is InChI=1S/C14H15ClN2O2/c1-18-11-6-7-12(15)13(8-11)16-9-10-4-3-5-14(17-10)19-2/h3-8,16H,9H2,1-2H3. The molecule has 0 unspecified atom stereocenters. The summed E-state index contributed by atoms with van der Waals surface area (Å²) in [6, 6.07) is 11.1. The van der Waals surface area contributed by atoms with E-state index in [1.165, 1.54) is 0 Å². The average Bonchev–Trinajstić information content (AvgIpc) is 2.46. The highest BCUT2D eigenvalue weighted by molar-refractivity contribution is 6.33. The monoisotopic (exact) mass is 278 g/mol. The molecule has 19 heavy (non-hydrogen) atoms. The van der Waals surface area contributed by atoms with E-state index >= 15 is 0 Å². The number of rotatable bonds is 5. The lowest BCUT2D eigenvalue weighted by Gasteiger charge is -2.10. The Kier molecular flexibility index (Phi) is 4.47. The molecule has 0 bridgehead atoms. The molecule has 0 spiro atoms. The van der Waals surface area contributed by atoms with Crippen LogP contribution in [0.25, 0.3) is 0 Å². The molecule has 0 amide bonds. The Morgan fingerprint density at radius 1 is 1.16 bits per heavy atom. The van der Waals surface area contributed by atoms with Gasteiger partial charge in [-0.2, -0.15) is 0 Å². The van der Waals surface area contributed by atoms with Gasteiger partial charge in [-0.05, 0) is 18.2 Å². The van der Waals surface area contributed by atoms with Crippen LogP contribution in [0.3, 0.4) is 0 Å². The molecule has 0 aliphatic carbocycles. The third kappa shape index (κ3) is 3.51. The van der Waals surface area contributed by atoms with Crippen LogP contribution < -0.4 is 14.8 Å². The van der Waals surface area contributed by atoms with E-state index < -0.39 is 0 Å². The topological polar surface area (TPSA) is 43.4 Å². The molecule has 100 valence electrons. The average molecular weight is 279 g/mol. The van der Waals surface area contributed by atoms with Crippen molar-refractivity contribution in [2.45, 2.75) is 6.54 Å². The molecule has 1 aromatic carbocycles. The summed E-state index contributed by atoms with van der Waals surface area (Å²) in [7, 11) is 3.22. The number of nitrogens with one attached hydrogen (secondary N) is 1. The number of methoxy groups -OCH3 is 2. The van der Waals surface area contributed by atoms with Gasteiger partial charge in [0.1, 0.15) is 5.75 Å². The van der Waals surface area contributed by atoms with Crippen LogP contribution in [0, 0.1) is 0 Å². The molecule has 0 saturated heterocycles. The molecule has 1 aromatic heterocycles. The molecule has 2 rings (SSSR count). The van der Waals surface area contributed by atoms with Crippen molar-refractivity contribution >= 4 is 17.3 Å². The minimum absolute atomic E-state index is 0.560. The van der Waals surface area contributed by atoms with Gasteiger partial charge in [-0.15, -0.1) is 0 Å². The summed E-state index contributed by atoms with van der Waals surface area (Å²) in [5, 5.41) is 3.87. The molecule has 0 fully saturated rings. The maximum Gasteiger partial charge on any atom is 0.213 e. The summed E-state index contributed by atoms with van der Waals surface area (Å²) in [5.41, 5.74) is 1.68. The predicted octanol–water partition coefficient (Wildman–Crippen LogP) is 3.36. The molecule has 5 heteroatoms. The second kappa shape index (κ2) is 6.29. The van der Waals surface area contributed by atoms with E-state index in [0.717, 1.165) is 17.1 Å². The fourth-order valence-corrected chi connectivity index (χ4v) is 1.81. The van der Waals surface area contributed by atoms with Crippen LogP contribution >= 0.6 is 11.6 Å². The Balaban J connectivity index is 2.09. The van der Waals surface area contributed by atoms with Crippen LogP contribution in [0.2, 0.25) is 5.02 Å². The number of anilines is 1. The van der Waals surface area contributed by atoms with Gasteiger partial charge in [0, 0.05) is 12.1 Å². The van der Waals surface area contributed by atoms with Gasteiger partial charge in [-0.3, -0.25) is 0 Å². The van der Waals surface area contributed by atoms with Crippen molar-refractivity contribution in [1.29, 1.82) is 0 Å². The molecule has 1 heterocycles. The fraction of sp³-hybridized carbons (Fsp3) is 0.214. The van der Waals surface area contributed by atoms with Gasteiger partial charge in [-0.1, -0.05) is 17.7 Å². The molecular weight excluding hydrogens is 264 g/mol. The van der Waals surface area contributed by atoms with Crippen molar-refractivity contribution in [3.63, 3.8) is 0 Å². The van der Waals surface area contributed by atoms with Gasteiger partial charge < -0.3 is 14.8 Å². The summed E-state index contributed by atoms with van der Waals surface area (Å²) < 4.78 is 10.2. The minimum atomic E-state index is 0.560. The highest BCUT2D eigenvalue weighted by Gasteiger charge is 2.03. The number of benzene rings is 1. The Labute approximate surface area is 117 Å². The van der Waals surface area contributed by atoms with Gasteiger partial charge in [-0.25, -0.2) is 4.98 Å². The van der Waals surface area contributed by atoms with Crippen LogP contribution in [0.5, 0.6) is 11.6 Å². The molecule has 0 saturated carbocycles. The van der Waals surface area contributed by atoms with Crippen LogP contribution in [0.4, 0.5) is 5.69 Å². The quantitative estimate of drug-likeness (QED) is 0.911. The van der Waals surface area contributed by atoms with Gasteiger partial charge in [0.05, 0.1) is 37.2 Å². The Hall–Kier alpha value is -1.94. The van der Waals surface area contributed by atoms with E-state index in [4.69, 9.17) is 21.1 Å². The molecule has 0 radical (unpaired) electrons. The second-order valence-corrected chi connectivity index (χ2v) is 4.28. The summed E-state index contributed by atoms with van der Waals surface area (Å²) in [5.74, 6) is 1.35. The number of pyridine rings is 1. The maximum absolute atomic E-state index is 6.11. The van der Waals surface area contributed by atoms with Crippen molar-refractivity contribution in [3.05, 3.63) is 47.1 Å². The number of halogens is 1. The fourth-order valence-electron chi connectivity index (χ4n) is 1.62. The molecule has 0 aliphatic rings. The number of hydrogen-bond acceptors (Lipinski definition) is 4. The number of ether oxygens (including phenoxy) is 2. The summed E-state index contributed by atoms with van der Waals surface area (Å²) >= 11 is 6.11. The zero-order valence-electron chi connectivity index (χ0n) is 10.8. The van der Waals surface area contributed by atoms with E-state index in [9.17, 15) is 0 Å². The van der Waals surface area contributed by atoms with Crippen LogP contribution in [-0.4, -0.2) is 19.2 Å². The summed E-state index contributed by atoms with van der Waals surface area (Å²) in [6.07, 6.45) is 0. The molecule has 2 aromatic rings. The largest absolute Gasteiger partial charge is 0.497 e. The first kappa shape index (κ1) is 13.5. The van der Waals surface area contributed by atoms with Crippen molar-refractivity contribution in [2.75, 3.05) is 19.5 Å². The lowest BCUT2D eigenvalue weighted by Crippen LogP contribution is -2.03. The zero-order chi connectivity index (χ0) is 13.7. The number of nitrogens with zero attached hydrogens (tertiary/aromatic N) is 1. The second-order valence-electron chi connectivity index (χ2n) is 3.87. The van der Waals surface area contributed by atoms with Crippen molar-refractivity contribution in [3.8, 4) is 11.6 Å².